The number of amides is 2. The fourth-order valence-electron chi connectivity index (χ4n) is 2.83. The first-order valence-electron chi connectivity index (χ1n) is 8.12. The number of hydrogen-bond acceptors (Lipinski definition) is 4. The minimum absolute atomic E-state index is 0. The van der Waals surface area contributed by atoms with Crippen LogP contribution in [0.25, 0.3) is 0 Å². The largest absolute Gasteiger partial charge is 0.496 e. The van der Waals surface area contributed by atoms with Gasteiger partial charge in [-0.2, -0.15) is 0 Å². The molecule has 1 aliphatic heterocycles. The van der Waals surface area contributed by atoms with E-state index < -0.39 is 6.04 Å². The fraction of sp³-hybridized carbons (Fsp3) is 0.529. The molecular formula is C17H25Cl2N3O3. The zero-order valence-corrected chi connectivity index (χ0v) is 16.0. The number of rotatable bonds is 6. The van der Waals surface area contributed by atoms with E-state index >= 15 is 0 Å². The molecule has 1 aromatic rings. The molecule has 6 nitrogen and oxygen atoms in total. The van der Waals surface area contributed by atoms with Crippen LogP contribution in [0.5, 0.6) is 5.75 Å². The van der Waals surface area contributed by atoms with Crippen LogP contribution in [0.4, 0.5) is 0 Å². The van der Waals surface area contributed by atoms with Crippen LogP contribution in [0, 0.1) is 0 Å². The van der Waals surface area contributed by atoms with Gasteiger partial charge in [0.25, 0.3) is 5.91 Å². The molecular weight excluding hydrogens is 365 g/mol. The molecule has 2 rings (SSSR count). The third kappa shape index (κ3) is 5.49. The number of carbonyl (C=O) groups excluding carboxylic acids is 2. The van der Waals surface area contributed by atoms with E-state index in [0.29, 0.717) is 42.3 Å². The Morgan fingerprint density at radius 1 is 1.48 bits per heavy atom. The molecule has 0 aliphatic carbocycles. The number of ether oxygens (including phenoxy) is 1. The second kappa shape index (κ2) is 9.85. The zero-order chi connectivity index (χ0) is 17.7. The van der Waals surface area contributed by atoms with Gasteiger partial charge in [0, 0.05) is 24.2 Å². The van der Waals surface area contributed by atoms with Gasteiger partial charge in [0.05, 0.1) is 12.7 Å². The molecule has 0 bridgehead atoms. The van der Waals surface area contributed by atoms with Crippen molar-refractivity contribution in [3.8, 4) is 5.75 Å². The maximum Gasteiger partial charge on any atom is 0.258 e. The summed E-state index contributed by atoms with van der Waals surface area (Å²) < 4.78 is 5.25. The van der Waals surface area contributed by atoms with Crippen LogP contribution in [0.2, 0.25) is 5.02 Å². The fourth-order valence-corrected chi connectivity index (χ4v) is 3.00. The Morgan fingerprint density at radius 3 is 2.84 bits per heavy atom. The van der Waals surface area contributed by atoms with Crippen LogP contribution in [-0.4, -0.2) is 49.0 Å². The quantitative estimate of drug-likeness (QED) is 0.780. The minimum Gasteiger partial charge on any atom is -0.496 e. The molecule has 2 atom stereocenters. The third-order valence-electron chi connectivity index (χ3n) is 4.11. The Morgan fingerprint density at radius 2 is 2.20 bits per heavy atom. The maximum absolute atomic E-state index is 12.9. The summed E-state index contributed by atoms with van der Waals surface area (Å²) in [4.78, 5) is 26.8. The highest BCUT2D eigenvalue weighted by atomic mass is 35.5. The predicted octanol–water partition coefficient (Wildman–Crippen LogP) is 2.23. The number of nitrogens with two attached hydrogens (primary N) is 1. The van der Waals surface area contributed by atoms with Crippen LogP contribution in [0.1, 0.15) is 36.5 Å². The van der Waals surface area contributed by atoms with E-state index in [-0.39, 0.29) is 30.3 Å². The second-order valence-electron chi connectivity index (χ2n) is 6.06. The van der Waals surface area contributed by atoms with Crippen LogP contribution < -0.4 is 15.8 Å². The minimum atomic E-state index is -0.464. The van der Waals surface area contributed by atoms with E-state index in [1.165, 1.54) is 7.11 Å². The van der Waals surface area contributed by atoms with Crippen molar-refractivity contribution < 1.29 is 14.3 Å². The number of likely N-dealkylation sites (tertiary alicyclic amines) is 1. The van der Waals surface area contributed by atoms with Gasteiger partial charge < -0.3 is 20.7 Å². The predicted molar refractivity (Wildman–Crippen MR) is 101 cm³/mol. The normalized spacial score (nSPS) is 17.6. The van der Waals surface area contributed by atoms with Gasteiger partial charge in [0.1, 0.15) is 11.8 Å². The highest BCUT2D eigenvalue weighted by Crippen LogP contribution is 2.27. The monoisotopic (exact) mass is 389 g/mol. The van der Waals surface area contributed by atoms with Crippen LogP contribution in [0.15, 0.2) is 18.2 Å². The summed E-state index contributed by atoms with van der Waals surface area (Å²) in [7, 11) is 1.50. The summed E-state index contributed by atoms with van der Waals surface area (Å²) in [5.74, 6) is 0.0779. The van der Waals surface area contributed by atoms with Crippen molar-refractivity contribution in [1.82, 2.24) is 10.2 Å². The summed E-state index contributed by atoms with van der Waals surface area (Å²) in [6, 6.07) is 4.46. The van der Waals surface area contributed by atoms with Crippen molar-refractivity contribution in [2.24, 2.45) is 5.73 Å². The highest BCUT2D eigenvalue weighted by molar-refractivity contribution is 6.31. The molecule has 2 unspecified atom stereocenters. The average molecular weight is 390 g/mol. The van der Waals surface area contributed by atoms with E-state index in [2.05, 4.69) is 5.32 Å². The molecule has 2 amide bonds. The maximum atomic E-state index is 12.9. The number of methoxy groups -OCH3 is 1. The SMILES string of the molecule is COc1ccc(Cl)cc1C(=O)N1CCCC1C(=O)NCCC(C)N.Cl. The van der Waals surface area contributed by atoms with E-state index in [9.17, 15) is 9.59 Å². The summed E-state index contributed by atoms with van der Waals surface area (Å²) >= 11 is 6.00. The standard InChI is InChI=1S/C17H24ClN3O3.ClH/c1-11(19)7-8-20-16(22)14-4-3-9-21(14)17(23)13-10-12(18)5-6-15(13)24-2;/h5-6,10-11,14H,3-4,7-9,19H2,1-2H3,(H,20,22);1H. The topological polar surface area (TPSA) is 84.7 Å². The van der Waals surface area contributed by atoms with E-state index in [4.69, 9.17) is 22.1 Å². The van der Waals surface area contributed by atoms with Gasteiger partial charge in [0.2, 0.25) is 5.91 Å². The third-order valence-corrected chi connectivity index (χ3v) is 4.34. The first-order chi connectivity index (χ1) is 11.4. The molecule has 0 radical (unpaired) electrons. The average Bonchev–Trinajstić information content (AvgIpc) is 3.03. The molecule has 1 aromatic carbocycles. The Hall–Kier alpha value is -1.50. The smallest absolute Gasteiger partial charge is 0.258 e. The summed E-state index contributed by atoms with van der Waals surface area (Å²) in [5, 5.41) is 3.32. The van der Waals surface area contributed by atoms with E-state index in [1.54, 1.807) is 23.1 Å². The van der Waals surface area contributed by atoms with Gasteiger partial charge >= 0.3 is 0 Å². The molecule has 0 saturated carbocycles. The van der Waals surface area contributed by atoms with Crippen molar-refractivity contribution in [3.63, 3.8) is 0 Å². The van der Waals surface area contributed by atoms with E-state index in [1.807, 2.05) is 6.92 Å². The van der Waals surface area contributed by atoms with Crippen molar-refractivity contribution in [2.45, 2.75) is 38.3 Å². The molecule has 1 aliphatic rings. The number of carbonyl (C=O) groups is 2. The molecule has 140 valence electrons. The zero-order valence-electron chi connectivity index (χ0n) is 14.5. The molecule has 1 fully saturated rings. The summed E-state index contributed by atoms with van der Waals surface area (Å²) in [5.41, 5.74) is 6.06. The Labute approximate surface area is 159 Å². The molecule has 0 aromatic heterocycles. The van der Waals surface area contributed by atoms with Crippen molar-refractivity contribution in [3.05, 3.63) is 28.8 Å². The van der Waals surface area contributed by atoms with E-state index in [0.717, 1.165) is 6.42 Å². The van der Waals surface area contributed by atoms with Gasteiger partial charge in [0.15, 0.2) is 0 Å². The molecule has 0 spiro atoms. The van der Waals surface area contributed by atoms with Gasteiger partial charge in [-0.15, -0.1) is 12.4 Å². The van der Waals surface area contributed by atoms with Gasteiger partial charge in [-0.05, 0) is 44.4 Å². The van der Waals surface area contributed by atoms with Crippen molar-refractivity contribution >= 4 is 35.8 Å². The lowest BCUT2D eigenvalue weighted by atomic mass is 10.1. The van der Waals surface area contributed by atoms with Crippen molar-refractivity contribution in [1.29, 1.82) is 0 Å². The Kier molecular flexibility index (Phi) is 8.48. The van der Waals surface area contributed by atoms with Crippen LogP contribution in [-0.2, 0) is 4.79 Å². The first-order valence-corrected chi connectivity index (χ1v) is 8.49. The number of nitrogens with one attached hydrogen (secondary N) is 1. The molecule has 1 saturated heterocycles. The van der Waals surface area contributed by atoms with Crippen molar-refractivity contribution in [2.75, 3.05) is 20.2 Å². The lowest BCUT2D eigenvalue weighted by Crippen LogP contribution is -2.46. The number of benzene rings is 1. The van der Waals surface area contributed by atoms with Gasteiger partial charge in [-0.3, -0.25) is 9.59 Å². The molecule has 8 heteroatoms. The number of hydrogen-bond donors (Lipinski definition) is 2. The number of halogens is 2. The highest BCUT2D eigenvalue weighted by Gasteiger charge is 2.35. The van der Waals surface area contributed by atoms with Crippen LogP contribution >= 0.6 is 24.0 Å². The van der Waals surface area contributed by atoms with Crippen LogP contribution in [0.3, 0.4) is 0 Å². The molecule has 1 heterocycles. The molecule has 25 heavy (non-hydrogen) atoms. The lowest BCUT2D eigenvalue weighted by Gasteiger charge is -2.25. The Bertz CT molecular complexity index is 611. The second-order valence-corrected chi connectivity index (χ2v) is 6.49. The number of nitrogens with zero attached hydrogens (tertiary/aromatic N) is 1. The lowest BCUT2D eigenvalue weighted by molar-refractivity contribution is -0.124. The molecule has 3 N–H and O–H groups in total. The summed E-state index contributed by atoms with van der Waals surface area (Å²) in [6.45, 7) is 2.94. The van der Waals surface area contributed by atoms with Gasteiger partial charge in [-0.1, -0.05) is 11.6 Å². The Balaban J connectivity index is 0.00000312. The summed E-state index contributed by atoms with van der Waals surface area (Å²) in [6.07, 6.45) is 2.15. The first kappa shape index (κ1) is 21.5. The van der Waals surface area contributed by atoms with Gasteiger partial charge in [-0.25, -0.2) is 0 Å².